The second kappa shape index (κ2) is 9.63. The molecule has 6 N–H and O–H groups in total. The standard InChI is InChI=1S/C22H26N4O6/c1-11(10-14-6-7-15-18(14)20(30)26-22(23)25-15)12-2-4-13(5-3-12)19(29)24-16(21(31)32)8-9-17(27)28/h2-5,11,14,16H,6-10H2,1H3,(H,24,29)(H,27,28)(H,31,32)(H3,23,25,26,30)/t11?,14?,16-/m0/s1. The number of aromatic hydroxyl groups is 1. The van der Waals surface area contributed by atoms with Gasteiger partial charge in [0.05, 0.1) is 5.69 Å². The smallest absolute Gasteiger partial charge is 0.326 e. The highest BCUT2D eigenvalue weighted by molar-refractivity contribution is 5.96. The van der Waals surface area contributed by atoms with E-state index in [1.807, 2.05) is 12.1 Å². The zero-order valence-electron chi connectivity index (χ0n) is 17.6. The molecule has 2 aromatic rings. The maximum atomic E-state index is 12.4. The first-order chi connectivity index (χ1) is 15.2. The molecule has 1 aliphatic rings. The number of carboxylic acid groups (broad SMARTS) is 2. The van der Waals surface area contributed by atoms with Gasteiger partial charge in [0.2, 0.25) is 11.8 Å². The van der Waals surface area contributed by atoms with E-state index in [9.17, 15) is 24.6 Å². The number of hydrogen-bond acceptors (Lipinski definition) is 7. The van der Waals surface area contributed by atoms with Crippen molar-refractivity contribution in [2.45, 2.75) is 56.9 Å². The molecule has 0 bridgehead atoms. The fourth-order valence-corrected chi connectivity index (χ4v) is 4.11. The summed E-state index contributed by atoms with van der Waals surface area (Å²) in [7, 11) is 0. The molecule has 10 nitrogen and oxygen atoms in total. The Kier molecular flexibility index (Phi) is 6.92. The van der Waals surface area contributed by atoms with E-state index < -0.39 is 23.9 Å². The predicted molar refractivity (Wildman–Crippen MR) is 114 cm³/mol. The third kappa shape index (κ3) is 5.32. The Balaban J connectivity index is 1.64. The lowest BCUT2D eigenvalue weighted by Gasteiger charge is -2.19. The van der Waals surface area contributed by atoms with Crippen molar-refractivity contribution in [3.63, 3.8) is 0 Å². The normalized spacial score (nSPS) is 16.7. The van der Waals surface area contributed by atoms with Crippen LogP contribution in [0.3, 0.4) is 0 Å². The van der Waals surface area contributed by atoms with Crippen molar-refractivity contribution in [3.05, 3.63) is 46.6 Å². The molecule has 3 atom stereocenters. The third-order valence-corrected chi connectivity index (χ3v) is 5.79. The lowest BCUT2D eigenvalue weighted by Crippen LogP contribution is -2.41. The van der Waals surface area contributed by atoms with E-state index in [2.05, 4.69) is 22.2 Å². The van der Waals surface area contributed by atoms with Crippen LogP contribution < -0.4 is 11.1 Å². The fraction of sp³-hybridized carbons (Fsp3) is 0.409. The Hall–Kier alpha value is -3.69. The Bertz CT molecular complexity index is 1020. The Morgan fingerprint density at radius 2 is 1.88 bits per heavy atom. The summed E-state index contributed by atoms with van der Waals surface area (Å²) in [5, 5.41) is 30.5. The molecule has 1 amide bonds. The minimum Gasteiger partial charge on any atom is -0.493 e. The lowest BCUT2D eigenvalue weighted by molar-refractivity contribution is -0.140. The van der Waals surface area contributed by atoms with Gasteiger partial charge in [-0.15, -0.1) is 0 Å². The van der Waals surface area contributed by atoms with Crippen molar-refractivity contribution in [2.24, 2.45) is 0 Å². The van der Waals surface area contributed by atoms with Gasteiger partial charge in [0, 0.05) is 17.5 Å². The van der Waals surface area contributed by atoms with Gasteiger partial charge in [-0.3, -0.25) is 9.59 Å². The molecule has 1 aromatic heterocycles. The molecule has 1 heterocycles. The molecule has 1 aliphatic carbocycles. The van der Waals surface area contributed by atoms with Crippen LogP contribution in [-0.2, 0) is 16.0 Å². The number of fused-ring (bicyclic) bond motifs is 1. The minimum atomic E-state index is -1.28. The van der Waals surface area contributed by atoms with E-state index in [4.69, 9.17) is 10.8 Å². The molecule has 0 saturated heterocycles. The molecule has 0 fully saturated rings. The van der Waals surface area contributed by atoms with Crippen LogP contribution in [0.15, 0.2) is 24.3 Å². The highest BCUT2D eigenvalue weighted by Crippen LogP contribution is 2.42. The van der Waals surface area contributed by atoms with Crippen LogP contribution in [0.5, 0.6) is 5.88 Å². The van der Waals surface area contributed by atoms with Gasteiger partial charge in [0.15, 0.2) is 0 Å². The quantitative estimate of drug-likeness (QED) is 0.389. The Morgan fingerprint density at radius 1 is 1.19 bits per heavy atom. The first-order valence-electron chi connectivity index (χ1n) is 10.4. The average Bonchev–Trinajstić information content (AvgIpc) is 3.13. The van der Waals surface area contributed by atoms with E-state index >= 15 is 0 Å². The van der Waals surface area contributed by atoms with Crippen LogP contribution in [-0.4, -0.2) is 49.2 Å². The monoisotopic (exact) mass is 442 g/mol. The third-order valence-electron chi connectivity index (χ3n) is 5.79. The van der Waals surface area contributed by atoms with E-state index in [1.165, 1.54) is 0 Å². The lowest BCUT2D eigenvalue weighted by atomic mass is 9.87. The second-order valence-electron chi connectivity index (χ2n) is 8.06. The number of amides is 1. The number of aliphatic carboxylic acids is 2. The number of aryl methyl sites for hydroxylation is 1. The molecular weight excluding hydrogens is 416 g/mol. The number of nitrogen functional groups attached to an aromatic ring is 1. The van der Waals surface area contributed by atoms with Crippen molar-refractivity contribution < 1.29 is 29.7 Å². The van der Waals surface area contributed by atoms with Gasteiger partial charge in [0.25, 0.3) is 5.91 Å². The Morgan fingerprint density at radius 3 is 2.50 bits per heavy atom. The molecule has 0 radical (unpaired) electrons. The highest BCUT2D eigenvalue weighted by Gasteiger charge is 2.30. The fourth-order valence-electron chi connectivity index (χ4n) is 4.11. The van der Waals surface area contributed by atoms with Crippen molar-refractivity contribution in [2.75, 3.05) is 5.73 Å². The summed E-state index contributed by atoms with van der Waals surface area (Å²) in [6.45, 7) is 2.05. The first kappa shape index (κ1) is 23.0. The second-order valence-corrected chi connectivity index (χ2v) is 8.06. The van der Waals surface area contributed by atoms with Crippen LogP contribution in [0.2, 0.25) is 0 Å². The summed E-state index contributed by atoms with van der Waals surface area (Å²) in [6.07, 6.45) is 1.79. The van der Waals surface area contributed by atoms with Crippen LogP contribution in [0, 0.1) is 0 Å². The number of carbonyl (C=O) groups excluding carboxylic acids is 1. The number of nitrogens with zero attached hydrogens (tertiary/aromatic N) is 2. The predicted octanol–water partition coefficient (Wildman–Crippen LogP) is 2.04. The van der Waals surface area contributed by atoms with Gasteiger partial charge >= 0.3 is 11.9 Å². The van der Waals surface area contributed by atoms with Crippen LogP contribution in [0.25, 0.3) is 0 Å². The number of nitrogens with two attached hydrogens (primary N) is 1. The topological polar surface area (TPSA) is 176 Å². The largest absolute Gasteiger partial charge is 0.493 e. The maximum absolute atomic E-state index is 12.4. The molecular formula is C22H26N4O6. The number of benzene rings is 1. The van der Waals surface area contributed by atoms with Gasteiger partial charge in [-0.2, -0.15) is 4.98 Å². The maximum Gasteiger partial charge on any atom is 0.326 e. The zero-order chi connectivity index (χ0) is 23.4. The molecule has 32 heavy (non-hydrogen) atoms. The van der Waals surface area contributed by atoms with Gasteiger partial charge in [-0.05, 0) is 55.2 Å². The number of carbonyl (C=O) groups is 3. The summed E-state index contributed by atoms with van der Waals surface area (Å²) >= 11 is 0. The van der Waals surface area contributed by atoms with Crippen LogP contribution in [0.1, 0.15) is 71.6 Å². The number of anilines is 1. The van der Waals surface area contributed by atoms with E-state index in [0.717, 1.165) is 36.1 Å². The number of aromatic nitrogens is 2. The number of hydrogen-bond donors (Lipinski definition) is 5. The summed E-state index contributed by atoms with van der Waals surface area (Å²) in [4.78, 5) is 42.4. The summed E-state index contributed by atoms with van der Waals surface area (Å²) in [6, 6.07) is 5.56. The van der Waals surface area contributed by atoms with Gasteiger partial charge in [0.1, 0.15) is 6.04 Å². The summed E-state index contributed by atoms with van der Waals surface area (Å²) in [5.74, 6) is -2.75. The Labute approximate surface area is 184 Å². The molecule has 170 valence electrons. The SMILES string of the molecule is CC(CC1CCc2nc(N)nc(O)c21)c1ccc(C(=O)N[C@@H](CCC(=O)O)C(=O)O)cc1. The first-order valence-corrected chi connectivity index (χ1v) is 10.4. The van der Waals surface area contributed by atoms with Crippen LogP contribution >= 0.6 is 0 Å². The van der Waals surface area contributed by atoms with Gasteiger partial charge in [-0.1, -0.05) is 19.1 Å². The van der Waals surface area contributed by atoms with Crippen molar-refractivity contribution in [1.82, 2.24) is 15.3 Å². The van der Waals surface area contributed by atoms with Crippen molar-refractivity contribution in [1.29, 1.82) is 0 Å². The van der Waals surface area contributed by atoms with E-state index in [1.54, 1.807) is 12.1 Å². The van der Waals surface area contributed by atoms with Crippen molar-refractivity contribution >= 4 is 23.8 Å². The minimum absolute atomic E-state index is 0.0647. The summed E-state index contributed by atoms with van der Waals surface area (Å²) < 4.78 is 0. The van der Waals surface area contributed by atoms with E-state index in [0.29, 0.717) is 0 Å². The van der Waals surface area contributed by atoms with Gasteiger partial charge in [-0.25, -0.2) is 9.78 Å². The van der Waals surface area contributed by atoms with E-state index in [-0.39, 0.29) is 42.1 Å². The molecule has 0 saturated carbocycles. The molecule has 1 aromatic carbocycles. The molecule has 2 unspecified atom stereocenters. The average molecular weight is 442 g/mol. The molecule has 3 rings (SSSR count). The zero-order valence-corrected chi connectivity index (χ0v) is 17.6. The highest BCUT2D eigenvalue weighted by atomic mass is 16.4. The summed E-state index contributed by atoms with van der Waals surface area (Å²) in [5.41, 5.74) is 8.43. The van der Waals surface area contributed by atoms with Crippen LogP contribution in [0.4, 0.5) is 5.95 Å². The number of rotatable bonds is 9. The van der Waals surface area contributed by atoms with Crippen molar-refractivity contribution in [3.8, 4) is 5.88 Å². The molecule has 0 aliphatic heterocycles. The number of carboxylic acids is 2. The number of nitrogens with one attached hydrogen (secondary N) is 1. The molecule has 10 heteroatoms. The van der Waals surface area contributed by atoms with Gasteiger partial charge < -0.3 is 26.4 Å². The molecule has 0 spiro atoms.